The third-order valence-corrected chi connectivity index (χ3v) is 10.9. The van der Waals surface area contributed by atoms with Crippen molar-refractivity contribution in [3.8, 4) is 0 Å². The lowest BCUT2D eigenvalue weighted by molar-refractivity contribution is -0.140. The van der Waals surface area contributed by atoms with E-state index in [2.05, 4.69) is 34.6 Å². The fourth-order valence-corrected chi connectivity index (χ4v) is 8.55. The monoisotopic (exact) mass is 501 g/mol. The Labute approximate surface area is 216 Å². The summed E-state index contributed by atoms with van der Waals surface area (Å²) in [4.78, 5) is 33.8. The van der Waals surface area contributed by atoms with Gasteiger partial charge in [-0.15, -0.1) is 0 Å². The van der Waals surface area contributed by atoms with Gasteiger partial charge in [0, 0.05) is 37.5 Å². The standard InChI is InChI=1S/C28H47N5O3/c1-17(10-26-30-29-16-31(26)2)19-4-3-5-21(11-19)33-15-25-23(18-6-7-18)12-20(13-24(25)28(33)36)27(35)32-9-8-22(34)14-32/h17-26,29-30,34H,3-16H2,1-2H3/t17-,19?,20?,21?,22+,23?,24?,25?,26?/m1/s1. The number of hydrogen-bond donors (Lipinski definition) is 3. The van der Waals surface area contributed by atoms with E-state index in [-0.39, 0.29) is 23.8 Å². The topological polar surface area (TPSA) is 88.2 Å². The number of fused-ring (bicyclic) bond motifs is 1. The van der Waals surface area contributed by atoms with Crippen LogP contribution in [-0.4, -0.2) is 83.3 Å². The molecule has 8 nitrogen and oxygen atoms in total. The third-order valence-electron chi connectivity index (χ3n) is 10.9. The van der Waals surface area contributed by atoms with E-state index < -0.39 is 0 Å². The van der Waals surface area contributed by atoms with Gasteiger partial charge in [-0.3, -0.25) is 14.5 Å². The van der Waals surface area contributed by atoms with Gasteiger partial charge in [0.25, 0.3) is 0 Å². The van der Waals surface area contributed by atoms with E-state index in [0.717, 1.165) is 45.3 Å². The summed E-state index contributed by atoms with van der Waals surface area (Å²) in [6, 6.07) is 0.374. The molecule has 0 aromatic carbocycles. The van der Waals surface area contributed by atoms with E-state index in [1.165, 1.54) is 25.7 Å². The molecule has 6 rings (SSSR count). The number of aliphatic hydroxyl groups excluding tert-OH is 1. The van der Waals surface area contributed by atoms with Gasteiger partial charge in [-0.05, 0) is 88.0 Å². The van der Waals surface area contributed by atoms with Crippen LogP contribution in [0.15, 0.2) is 0 Å². The highest BCUT2D eigenvalue weighted by molar-refractivity contribution is 5.85. The second kappa shape index (κ2) is 10.2. The molecule has 0 spiro atoms. The molecule has 8 heteroatoms. The van der Waals surface area contributed by atoms with Gasteiger partial charge in [0.1, 0.15) is 0 Å². The maximum atomic E-state index is 13.9. The molecule has 7 unspecified atom stereocenters. The van der Waals surface area contributed by atoms with Crippen molar-refractivity contribution >= 4 is 11.8 Å². The SMILES string of the molecule is C[C@H](CC1NNCN1C)C1CCCC(N2CC3C(CC(C(=O)N4CC[C@H](O)C4)CC3C3CC3)C2=O)C1. The second-order valence-electron chi connectivity index (χ2n) is 13.2. The molecule has 2 amide bonds. The Kier molecular flexibility index (Phi) is 7.08. The Morgan fingerprint density at radius 2 is 1.92 bits per heavy atom. The van der Waals surface area contributed by atoms with Crippen LogP contribution in [0.25, 0.3) is 0 Å². The van der Waals surface area contributed by atoms with E-state index in [4.69, 9.17) is 0 Å². The summed E-state index contributed by atoms with van der Waals surface area (Å²) in [5.41, 5.74) is 6.66. The van der Waals surface area contributed by atoms with E-state index in [1.807, 2.05) is 4.90 Å². The number of hydrazine groups is 1. The summed E-state index contributed by atoms with van der Waals surface area (Å²) in [6.45, 7) is 5.36. The van der Waals surface area contributed by atoms with Crippen molar-refractivity contribution in [1.82, 2.24) is 25.6 Å². The van der Waals surface area contributed by atoms with Crippen LogP contribution in [0.5, 0.6) is 0 Å². The molecule has 9 atom stereocenters. The summed E-state index contributed by atoms with van der Waals surface area (Å²) in [5.74, 6) is 3.54. The summed E-state index contributed by atoms with van der Waals surface area (Å²) in [6.07, 6.45) is 10.8. The highest BCUT2D eigenvalue weighted by atomic mass is 16.3. The molecule has 3 aliphatic heterocycles. The van der Waals surface area contributed by atoms with Crippen LogP contribution in [0.2, 0.25) is 0 Å². The number of aliphatic hydroxyl groups is 1. The molecule has 0 radical (unpaired) electrons. The average Bonchev–Trinajstić information content (AvgIpc) is 3.38. The Morgan fingerprint density at radius 3 is 2.61 bits per heavy atom. The molecule has 3 saturated carbocycles. The first kappa shape index (κ1) is 25.1. The average molecular weight is 502 g/mol. The van der Waals surface area contributed by atoms with Gasteiger partial charge in [-0.2, -0.15) is 0 Å². The number of β-amino-alcohol motifs (C(OH)–C–C–N with tert-alkyl or cyclic N) is 1. The van der Waals surface area contributed by atoms with Crippen molar-refractivity contribution in [3.05, 3.63) is 0 Å². The van der Waals surface area contributed by atoms with Crippen LogP contribution in [0, 0.1) is 41.4 Å². The van der Waals surface area contributed by atoms with Crippen LogP contribution in [0.1, 0.15) is 71.1 Å². The number of likely N-dealkylation sites (tertiary alicyclic amines) is 2. The molecule has 3 N–H and O–H groups in total. The van der Waals surface area contributed by atoms with Gasteiger partial charge < -0.3 is 14.9 Å². The Morgan fingerprint density at radius 1 is 1.08 bits per heavy atom. The zero-order chi connectivity index (χ0) is 25.0. The van der Waals surface area contributed by atoms with Gasteiger partial charge in [0.15, 0.2) is 0 Å². The van der Waals surface area contributed by atoms with Gasteiger partial charge in [0.05, 0.1) is 18.9 Å². The quantitative estimate of drug-likeness (QED) is 0.516. The normalized spacial score (nSPS) is 42.7. The highest BCUT2D eigenvalue weighted by Crippen LogP contribution is 2.54. The minimum Gasteiger partial charge on any atom is -0.391 e. The molecule has 0 aromatic rings. The van der Waals surface area contributed by atoms with Crippen LogP contribution in [-0.2, 0) is 9.59 Å². The molecule has 3 heterocycles. The fraction of sp³-hybridized carbons (Fsp3) is 0.929. The fourth-order valence-electron chi connectivity index (χ4n) is 8.55. The van der Waals surface area contributed by atoms with Crippen molar-refractivity contribution in [3.63, 3.8) is 0 Å². The number of carbonyl (C=O) groups excluding carboxylic acids is 2. The van der Waals surface area contributed by atoms with E-state index in [9.17, 15) is 14.7 Å². The molecule has 3 aliphatic carbocycles. The van der Waals surface area contributed by atoms with Gasteiger partial charge in [-0.25, -0.2) is 10.9 Å². The maximum absolute atomic E-state index is 13.9. The Balaban J connectivity index is 1.12. The zero-order valence-corrected chi connectivity index (χ0v) is 22.3. The number of hydrogen-bond acceptors (Lipinski definition) is 6. The van der Waals surface area contributed by atoms with E-state index in [0.29, 0.717) is 67.2 Å². The number of nitrogens with zero attached hydrogens (tertiary/aromatic N) is 3. The highest BCUT2D eigenvalue weighted by Gasteiger charge is 2.55. The number of nitrogens with one attached hydrogen (secondary N) is 2. The van der Waals surface area contributed by atoms with E-state index in [1.54, 1.807) is 0 Å². The molecule has 36 heavy (non-hydrogen) atoms. The van der Waals surface area contributed by atoms with Crippen molar-refractivity contribution in [2.45, 2.75) is 89.4 Å². The van der Waals surface area contributed by atoms with Crippen molar-refractivity contribution < 1.29 is 14.7 Å². The lowest BCUT2D eigenvalue weighted by Gasteiger charge is -2.39. The first-order chi connectivity index (χ1) is 17.4. The second-order valence-corrected chi connectivity index (χ2v) is 13.2. The van der Waals surface area contributed by atoms with Crippen molar-refractivity contribution in [2.24, 2.45) is 41.4 Å². The zero-order valence-electron chi connectivity index (χ0n) is 22.3. The van der Waals surface area contributed by atoms with Gasteiger partial charge in [-0.1, -0.05) is 19.8 Å². The van der Waals surface area contributed by atoms with Gasteiger partial charge in [0.2, 0.25) is 11.8 Å². The minimum absolute atomic E-state index is 0.0327. The van der Waals surface area contributed by atoms with Crippen LogP contribution in [0.4, 0.5) is 0 Å². The lowest BCUT2D eigenvalue weighted by Crippen LogP contribution is -2.43. The molecular weight excluding hydrogens is 454 g/mol. The Bertz CT molecular complexity index is 836. The predicted molar refractivity (Wildman–Crippen MR) is 137 cm³/mol. The van der Waals surface area contributed by atoms with E-state index >= 15 is 0 Å². The van der Waals surface area contributed by atoms with Gasteiger partial charge >= 0.3 is 0 Å². The Hall–Kier alpha value is -1.22. The summed E-state index contributed by atoms with van der Waals surface area (Å²) < 4.78 is 0. The summed E-state index contributed by atoms with van der Waals surface area (Å²) in [7, 11) is 2.17. The minimum atomic E-state index is -0.379. The van der Waals surface area contributed by atoms with Crippen molar-refractivity contribution in [2.75, 3.05) is 33.4 Å². The predicted octanol–water partition coefficient (Wildman–Crippen LogP) is 2.00. The smallest absolute Gasteiger partial charge is 0.226 e. The molecule has 0 bridgehead atoms. The molecule has 3 saturated heterocycles. The molecular formula is C28H47N5O3. The third kappa shape index (κ3) is 4.83. The maximum Gasteiger partial charge on any atom is 0.226 e. The van der Waals surface area contributed by atoms with Crippen LogP contribution in [0.3, 0.4) is 0 Å². The summed E-state index contributed by atoms with van der Waals surface area (Å²) in [5, 5.41) is 9.96. The van der Waals surface area contributed by atoms with Crippen molar-refractivity contribution in [1.29, 1.82) is 0 Å². The van der Waals surface area contributed by atoms with Crippen LogP contribution < -0.4 is 10.9 Å². The molecule has 6 aliphatic rings. The number of amides is 2. The molecule has 202 valence electrons. The van der Waals surface area contributed by atoms with Crippen LogP contribution >= 0.6 is 0 Å². The molecule has 6 fully saturated rings. The first-order valence-electron chi connectivity index (χ1n) is 14.8. The lowest BCUT2D eigenvalue weighted by atomic mass is 9.67. The first-order valence-corrected chi connectivity index (χ1v) is 14.8. The number of carbonyl (C=O) groups is 2. The summed E-state index contributed by atoms with van der Waals surface area (Å²) >= 11 is 0. The molecule has 0 aromatic heterocycles. The largest absolute Gasteiger partial charge is 0.391 e. The number of rotatable bonds is 6.